The summed E-state index contributed by atoms with van der Waals surface area (Å²) in [5.41, 5.74) is 2.01. The van der Waals surface area contributed by atoms with E-state index in [1.165, 1.54) is 5.56 Å². The topological polar surface area (TPSA) is 72.0 Å². The van der Waals surface area contributed by atoms with Crippen molar-refractivity contribution in [3.8, 4) is 0 Å². The molecule has 1 aromatic heterocycles. The van der Waals surface area contributed by atoms with Crippen LogP contribution in [0.25, 0.3) is 0 Å². The molecule has 0 atom stereocenters. The smallest absolute Gasteiger partial charge is 0.305 e. The Bertz CT molecular complexity index is 762. The zero-order valence-corrected chi connectivity index (χ0v) is 17.4. The molecule has 5 nitrogen and oxygen atoms in total. The van der Waals surface area contributed by atoms with Gasteiger partial charge in [0.15, 0.2) is 5.16 Å². The van der Waals surface area contributed by atoms with Crippen LogP contribution in [0.3, 0.4) is 0 Å². The number of nitrogens with zero attached hydrogens (tertiary/aromatic N) is 1. The molecular formula is C22H30N2O3S. The van der Waals surface area contributed by atoms with E-state index < -0.39 is 0 Å². The van der Waals surface area contributed by atoms with Crippen LogP contribution >= 0.6 is 11.8 Å². The van der Waals surface area contributed by atoms with E-state index in [0.29, 0.717) is 18.2 Å². The van der Waals surface area contributed by atoms with E-state index in [4.69, 9.17) is 4.74 Å². The fraction of sp³-hybridized carbons (Fsp3) is 0.500. The van der Waals surface area contributed by atoms with Crippen molar-refractivity contribution in [1.82, 2.24) is 9.97 Å². The first-order chi connectivity index (χ1) is 13.7. The molecule has 152 valence electrons. The maximum Gasteiger partial charge on any atom is 0.305 e. The van der Waals surface area contributed by atoms with E-state index in [2.05, 4.69) is 22.1 Å². The van der Waals surface area contributed by atoms with Crippen LogP contribution in [0.15, 0.2) is 46.3 Å². The van der Waals surface area contributed by atoms with Gasteiger partial charge in [0.05, 0.1) is 6.61 Å². The Morgan fingerprint density at radius 3 is 2.61 bits per heavy atom. The summed E-state index contributed by atoms with van der Waals surface area (Å²) in [5, 5.41) is 0.706. The monoisotopic (exact) mass is 402 g/mol. The first-order valence-electron chi connectivity index (χ1n) is 10.1. The normalized spacial score (nSPS) is 10.8. The molecule has 2 rings (SSSR count). The van der Waals surface area contributed by atoms with Crippen molar-refractivity contribution in [3.05, 3.63) is 58.0 Å². The van der Waals surface area contributed by atoms with Gasteiger partial charge in [-0.25, -0.2) is 4.98 Å². The SMILES string of the molecule is CCOC(=O)CCCCCCCSc1nc(CCc2ccccc2)cc(=O)[nH]1. The molecule has 0 fully saturated rings. The predicted octanol–water partition coefficient (Wildman–Crippen LogP) is 4.55. The summed E-state index contributed by atoms with van der Waals surface area (Å²) in [7, 11) is 0. The second kappa shape index (κ2) is 13.2. The standard InChI is InChI=1S/C22H30N2O3S/c1-2-27-21(26)13-9-4-3-5-10-16-28-22-23-19(17-20(25)24-22)15-14-18-11-7-6-8-12-18/h6-8,11-12,17H,2-5,9-10,13-16H2,1H3,(H,23,24,25). The van der Waals surface area contributed by atoms with E-state index in [9.17, 15) is 9.59 Å². The fourth-order valence-corrected chi connectivity index (χ4v) is 3.80. The van der Waals surface area contributed by atoms with Crippen molar-refractivity contribution in [2.75, 3.05) is 12.4 Å². The molecule has 0 aliphatic rings. The van der Waals surface area contributed by atoms with E-state index in [1.54, 1.807) is 17.8 Å². The number of aromatic nitrogens is 2. The van der Waals surface area contributed by atoms with Crippen molar-refractivity contribution in [3.63, 3.8) is 0 Å². The van der Waals surface area contributed by atoms with Gasteiger partial charge in [-0.1, -0.05) is 61.4 Å². The number of rotatable bonds is 13. The molecule has 2 aromatic rings. The minimum absolute atomic E-state index is 0.0838. The van der Waals surface area contributed by atoms with Crippen LogP contribution in [0.5, 0.6) is 0 Å². The average molecular weight is 403 g/mol. The van der Waals surface area contributed by atoms with Gasteiger partial charge in [-0.3, -0.25) is 9.59 Å². The Labute approximate surface area is 171 Å². The van der Waals surface area contributed by atoms with Gasteiger partial charge < -0.3 is 9.72 Å². The van der Waals surface area contributed by atoms with Crippen LogP contribution in [0.2, 0.25) is 0 Å². The minimum atomic E-state index is -0.0970. The summed E-state index contributed by atoms with van der Waals surface area (Å²) in [4.78, 5) is 30.6. The molecule has 0 spiro atoms. The van der Waals surface area contributed by atoms with Gasteiger partial charge in [0.25, 0.3) is 5.56 Å². The molecule has 0 amide bonds. The summed E-state index contributed by atoms with van der Waals surface area (Å²) < 4.78 is 4.92. The van der Waals surface area contributed by atoms with Crippen LogP contribution in [-0.2, 0) is 22.4 Å². The number of ether oxygens (including phenoxy) is 1. The molecule has 0 aliphatic heterocycles. The Hall–Kier alpha value is -2.08. The number of nitrogens with one attached hydrogen (secondary N) is 1. The van der Waals surface area contributed by atoms with Crippen molar-refractivity contribution in [2.45, 2.75) is 63.4 Å². The van der Waals surface area contributed by atoms with Crippen LogP contribution < -0.4 is 5.56 Å². The number of aromatic amines is 1. The number of aryl methyl sites for hydroxylation is 2. The predicted molar refractivity (Wildman–Crippen MR) is 114 cm³/mol. The number of thioether (sulfide) groups is 1. The summed E-state index contributed by atoms with van der Waals surface area (Å²) >= 11 is 1.60. The third-order valence-electron chi connectivity index (χ3n) is 4.35. The Balaban J connectivity index is 1.63. The van der Waals surface area contributed by atoms with Crippen LogP contribution in [-0.4, -0.2) is 28.3 Å². The lowest BCUT2D eigenvalue weighted by molar-refractivity contribution is -0.143. The first kappa shape index (κ1) is 22.2. The molecule has 0 saturated carbocycles. The highest BCUT2D eigenvalue weighted by Gasteiger charge is 2.04. The molecule has 6 heteroatoms. The van der Waals surface area contributed by atoms with Crippen molar-refractivity contribution in [2.24, 2.45) is 0 Å². The minimum Gasteiger partial charge on any atom is -0.466 e. The lowest BCUT2D eigenvalue weighted by Crippen LogP contribution is -2.10. The molecule has 0 bridgehead atoms. The molecule has 1 heterocycles. The van der Waals surface area contributed by atoms with E-state index in [0.717, 1.165) is 56.4 Å². The largest absolute Gasteiger partial charge is 0.466 e. The Morgan fingerprint density at radius 2 is 1.82 bits per heavy atom. The zero-order chi connectivity index (χ0) is 20.0. The lowest BCUT2D eigenvalue weighted by Gasteiger charge is -2.05. The van der Waals surface area contributed by atoms with Gasteiger partial charge in [-0.05, 0) is 38.2 Å². The summed E-state index contributed by atoms with van der Waals surface area (Å²) in [6.45, 7) is 2.29. The molecule has 1 aromatic carbocycles. The second-order valence-corrected chi connectivity index (χ2v) is 7.78. The number of hydrogen-bond acceptors (Lipinski definition) is 5. The number of esters is 1. The lowest BCUT2D eigenvalue weighted by atomic mass is 10.1. The second-order valence-electron chi connectivity index (χ2n) is 6.70. The number of benzene rings is 1. The number of H-pyrrole nitrogens is 1. The van der Waals surface area contributed by atoms with E-state index in [1.807, 2.05) is 25.1 Å². The molecular weight excluding hydrogens is 372 g/mol. The van der Waals surface area contributed by atoms with Crippen molar-refractivity contribution >= 4 is 17.7 Å². The number of hydrogen-bond donors (Lipinski definition) is 1. The molecule has 0 unspecified atom stereocenters. The van der Waals surface area contributed by atoms with Gasteiger partial charge in [-0.2, -0.15) is 0 Å². The van der Waals surface area contributed by atoms with Gasteiger partial charge >= 0.3 is 5.97 Å². The Morgan fingerprint density at radius 1 is 1.07 bits per heavy atom. The highest BCUT2D eigenvalue weighted by Crippen LogP contribution is 2.16. The van der Waals surface area contributed by atoms with Gasteiger partial charge in [0.2, 0.25) is 0 Å². The third-order valence-corrected chi connectivity index (χ3v) is 5.31. The molecule has 1 N–H and O–H groups in total. The van der Waals surface area contributed by atoms with Crippen molar-refractivity contribution in [1.29, 1.82) is 0 Å². The third kappa shape index (κ3) is 9.22. The molecule has 0 aliphatic carbocycles. The van der Waals surface area contributed by atoms with Gasteiger partial charge in [0.1, 0.15) is 0 Å². The quantitative estimate of drug-likeness (QED) is 0.230. The maximum atomic E-state index is 11.9. The highest BCUT2D eigenvalue weighted by molar-refractivity contribution is 7.99. The van der Waals surface area contributed by atoms with Gasteiger partial charge in [0, 0.05) is 23.9 Å². The average Bonchev–Trinajstić information content (AvgIpc) is 2.69. The summed E-state index contributed by atoms with van der Waals surface area (Å²) in [6.07, 6.45) is 7.41. The molecule has 0 radical (unpaired) electrons. The summed E-state index contributed by atoms with van der Waals surface area (Å²) in [6, 6.07) is 11.8. The van der Waals surface area contributed by atoms with Crippen molar-refractivity contribution < 1.29 is 9.53 Å². The Kier molecular flexibility index (Phi) is 10.4. The molecule has 28 heavy (non-hydrogen) atoms. The summed E-state index contributed by atoms with van der Waals surface area (Å²) in [5.74, 6) is 0.836. The van der Waals surface area contributed by atoms with E-state index in [-0.39, 0.29) is 11.5 Å². The number of unbranched alkanes of at least 4 members (excludes halogenated alkanes) is 4. The van der Waals surface area contributed by atoms with Crippen LogP contribution in [0, 0.1) is 0 Å². The highest BCUT2D eigenvalue weighted by atomic mass is 32.2. The zero-order valence-electron chi connectivity index (χ0n) is 16.6. The van der Waals surface area contributed by atoms with E-state index >= 15 is 0 Å². The number of carbonyl (C=O) groups excluding carboxylic acids is 1. The van der Waals surface area contributed by atoms with Crippen LogP contribution in [0.1, 0.15) is 56.7 Å². The first-order valence-corrected chi connectivity index (χ1v) is 11.1. The van der Waals surface area contributed by atoms with Crippen LogP contribution in [0.4, 0.5) is 0 Å². The fourth-order valence-electron chi connectivity index (χ4n) is 2.90. The number of carbonyl (C=O) groups is 1. The molecule has 0 saturated heterocycles. The van der Waals surface area contributed by atoms with Gasteiger partial charge in [-0.15, -0.1) is 0 Å². The maximum absolute atomic E-state index is 11.9.